The van der Waals surface area contributed by atoms with Crippen LogP contribution in [0.15, 0.2) is 18.9 Å². The Morgan fingerprint density at radius 1 is 1.47 bits per heavy atom. The molecule has 1 aromatic rings. The number of nitrogens with zero attached hydrogens (tertiary/aromatic N) is 2. The number of rotatable bonds is 6. The number of hydrogen-bond acceptors (Lipinski definition) is 3. The van der Waals surface area contributed by atoms with Crippen molar-refractivity contribution >= 4 is 5.95 Å². The number of anilines is 1. The van der Waals surface area contributed by atoms with Crippen LogP contribution in [0.3, 0.4) is 0 Å². The zero-order valence-electron chi connectivity index (χ0n) is 9.37. The summed E-state index contributed by atoms with van der Waals surface area (Å²) in [6.45, 7) is 5.92. The third-order valence-corrected chi connectivity index (χ3v) is 2.35. The monoisotopic (exact) mass is 205 g/mol. The van der Waals surface area contributed by atoms with E-state index in [1.54, 1.807) is 0 Å². The molecule has 0 unspecified atom stereocenters. The highest BCUT2D eigenvalue weighted by atomic mass is 15.0. The normalized spacial score (nSPS) is 10.2. The van der Waals surface area contributed by atoms with Gasteiger partial charge in [-0.25, -0.2) is 9.97 Å². The van der Waals surface area contributed by atoms with E-state index in [1.807, 2.05) is 12.3 Å². The molecule has 0 saturated heterocycles. The van der Waals surface area contributed by atoms with Crippen LogP contribution in [-0.4, -0.2) is 9.97 Å². The number of unbranched alkanes of at least 4 members (excludes halogenated alkanes) is 2. The van der Waals surface area contributed by atoms with Gasteiger partial charge < -0.3 is 5.73 Å². The molecule has 0 radical (unpaired) electrons. The lowest BCUT2D eigenvalue weighted by molar-refractivity contribution is 0.702. The maximum absolute atomic E-state index is 5.58. The van der Waals surface area contributed by atoms with Crippen LogP contribution >= 0.6 is 0 Å². The van der Waals surface area contributed by atoms with Crippen LogP contribution in [0.5, 0.6) is 0 Å². The molecule has 0 aromatic carbocycles. The van der Waals surface area contributed by atoms with E-state index < -0.39 is 0 Å². The van der Waals surface area contributed by atoms with Crippen LogP contribution in [0.25, 0.3) is 0 Å². The highest BCUT2D eigenvalue weighted by Crippen LogP contribution is 2.11. The molecular weight excluding hydrogens is 186 g/mol. The second-order valence-corrected chi connectivity index (χ2v) is 3.65. The number of aryl methyl sites for hydroxylation is 1. The molecule has 0 amide bonds. The van der Waals surface area contributed by atoms with Gasteiger partial charge in [-0.3, -0.25) is 0 Å². The molecule has 0 aliphatic heterocycles. The number of hydrogen-bond donors (Lipinski definition) is 1. The lowest BCUT2D eigenvalue weighted by Crippen LogP contribution is -2.03. The molecule has 82 valence electrons. The van der Waals surface area contributed by atoms with Crippen LogP contribution in [0.4, 0.5) is 5.95 Å². The molecule has 2 N–H and O–H groups in total. The molecule has 1 rings (SSSR count). The predicted octanol–water partition coefficient (Wildman–Crippen LogP) is 2.52. The molecule has 15 heavy (non-hydrogen) atoms. The van der Waals surface area contributed by atoms with Gasteiger partial charge >= 0.3 is 0 Å². The first-order valence-electron chi connectivity index (χ1n) is 5.49. The molecule has 0 aliphatic rings. The smallest absolute Gasteiger partial charge is 0.220 e. The fraction of sp³-hybridized carbons (Fsp3) is 0.500. The Hall–Kier alpha value is -1.38. The first kappa shape index (κ1) is 11.7. The number of nitrogen functional groups attached to an aromatic ring is 1. The Balaban J connectivity index is 2.72. The van der Waals surface area contributed by atoms with Gasteiger partial charge in [-0.15, -0.1) is 6.58 Å². The van der Waals surface area contributed by atoms with Crippen molar-refractivity contribution in [2.45, 2.75) is 39.0 Å². The maximum atomic E-state index is 5.58. The van der Waals surface area contributed by atoms with Gasteiger partial charge in [0.25, 0.3) is 0 Å². The van der Waals surface area contributed by atoms with Crippen LogP contribution in [0.2, 0.25) is 0 Å². The number of allylic oxidation sites excluding steroid dienone is 1. The van der Waals surface area contributed by atoms with Crippen molar-refractivity contribution in [3.05, 3.63) is 30.1 Å². The van der Waals surface area contributed by atoms with Crippen molar-refractivity contribution in [1.82, 2.24) is 9.97 Å². The molecular formula is C12H19N3. The summed E-state index contributed by atoms with van der Waals surface area (Å²) in [7, 11) is 0. The second kappa shape index (κ2) is 6.17. The summed E-state index contributed by atoms with van der Waals surface area (Å²) in [4.78, 5) is 8.29. The lowest BCUT2D eigenvalue weighted by Gasteiger charge is -2.06. The van der Waals surface area contributed by atoms with Crippen molar-refractivity contribution in [2.75, 3.05) is 5.73 Å². The Morgan fingerprint density at radius 2 is 2.27 bits per heavy atom. The molecule has 0 aliphatic carbocycles. The largest absolute Gasteiger partial charge is 0.368 e. The van der Waals surface area contributed by atoms with Crippen LogP contribution in [-0.2, 0) is 12.8 Å². The summed E-state index contributed by atoms with van der Waals surface area (Å²) in [5, 5.41) is 0. The van der Waals surface area contributed by atoms with Gasteiger partial charge in [0.15, 0.2) is 0 Å². The van der Waals surface area contributed by atoms with Gasteiger partial charge in [-0.2, -0.15) is 0 Å². The number of nitrogens with two attached hydrogens (primary N) is 1. The minimum Gasteiger partial charge on any atom is -0.368 e. The summed E-state index contributed by atoms with van der Waals surface area (Å²) >= 11 is 0. The third kappa shape index (κ3) is 3.70. The van der Waals surface area contributed by atoms with Gasteiger partial charge in [-0.05, 0) is 24.8 Å². The average Bonchev–Trinajstić information content (AvgIpc) is 2.22. The fourth-order valence-electron chi connectivity index (χ4n) is 1.54. The molecule has 0 atom stereocenters. The van der Waals surface area contributed by atoms with Crippen LogP contribution < -0.4 is 5.73 Å². The highest BCUT2D eigenvalue weighted by Gasteiger charge is 2.04. The van der Waals surface area contributed by atoms with E-state index in [0.29, 0.717) is 5.95 Å². The SMILES string of the molecule is C=CCc1cnc(N)nc1CCCCC. The summed E-state index contributed by atoms with van der Waals surface area (Å²) in [6, 6.07) is 0. The van der Waals surface area contributed by atoms with E-state index in [2.05, 4.69) is 23.5 Å². The van der Waals surface area contributed by atoms with Gasteiger partial charge in [0.05, 0.1) is 0 Å². The van der Waals surface area contributed by atoms with Crippen molar-refractivity contribution in [2.24, 2.45) is 0 Å². The molecule has 1 heterocycles. The minimum atomic E-state index is 0.370. The topological polar surface area (TPSA) is 51.8 Å². The molecule has 0 bridgehead atoms. The summed E-state index contributed by atoms with van der Waals surface area (Å²) in [6.07, 6.45) is 9.11. The average molecular weight is 205 g/mol. The quantitative estimate of drug-likeness (QED) is 0.573. The van der Waals surface area contributed by atoms with Gasteiger partial charge in [0.2, 0.25) is 5.95 Å². The Morgan fingerprint density at radius 3 is 2.93 bits per heavy atom. The van der Waals surface area contributed by atoms with Crippen molar-refractivity contribution < 1.29 is 0 Å². The highest BCUT2D eigenvalue weighted by molar-refractivity contribution is 5.26. The van der Waals surface area contributed by atoms with Crippen molar-refractivity contribution in [3.8, 4) is 0 Å². The standard InChI is InChI=1S/C12H19N3/c1-3-5-6-8-11-10(7-4-2)9-14-12(13)15-11/h4,9H,2-3,5-8H2,1H3,(H2,13,14,15). The number of aromatic nitrogens is 2. The molecule has 1 aromatic heterocycles. The summed E-state index contributed by atoms with van der Waals surface area (Å²) in [5.41, 5.74) is 7.81. The van der Waals surface area contributed by atoms with Crippen molar-refractivity contribution in [3.63, 3.8) is 0 Å². The van der Waals surface area contributed by atoms with Gasteiger partial charge in [0, 0.05) is 11.9 Å². The molecule has 0 spiro atoms. The third-order valence-electron chi connectivity index (χ3n) is 2.35. The van der Waals surface area contributed by atoms with E-state index in [4.69, 9.17) is 5.73 Å². The Bertz CT molecular complexity index is 321. The second-order valence-electron chi connectivity index (χ2n) is 3.65. The van der Waals surface area contributed by atoms with E-state index in [-0.39, 0.29) is 0 Å². The van der Waals surface area contributed by atoms with Gasteiger partial charge in [0.1, 0.15) is 0 Å². The summed E-state index contributed by atoms with van der Waals surface area (Å²) in [5.74, 6) is 0.370. The zero-order valence-corrected chi connectivity index (χ0v) is 9.37. The van der Waals surface area contributed by atoms with E-state index >= 15 is 0 Å². The van der Waals surface area contributed by atoms with Crippen molar-refractivity contribution in [1.29, 1.82) is 0 Å². The Kier molecular flexibility index (Phi) is 4.81. The fourth-order valence-corrected chi connectivity index (χ4v) is 1.54. The van der Waals surface area contributed by atoms with Crippen LogP contribution in [0.1, 0.15) is 37.4 Å². The molecule has 3 heteroatoms. The lowest BCUT2D eigenvalue weighted by atomic mass is 10.1. The first-order chi connectivity index (χ1) is 7.27. The maximum Gasteiger partial charge on any atom is 0.220 e. The van der Waals surface area contributed by atoms with Crippen LogP contribution in [0, 0.1) is 0 Å². The van der Waals surface area contributed by atoms with E-state index in [1.165, 1.54) is 12.8 Å². The Labute approximate surface area is 91.4 Å². The van der Waals surface area contributed by atoms with E-state index in [9.17, 15) is 0 Å². The van der Waals surface area contributed by atoms with Gasteiger partial charge in [-0.1, -0.05) is 25.8 Å². The zero-order chi connectivity index (χ0) is 11.1. The summed E-state index contributed by atoms with van der Waals surface area (Å²) < 4.78 is 0. The molecule has 0 fully saturated rings. The minimum absolute atomic E-state index is 0.370. The first-order valence-corrected chi connectivity index (χ1v) is 5.49. The predicted molar refractivity (Wildman–Crippen MR) is 63.6 cm³/mol. The molecule has 3 nitrogen and oxygen atoms in total. The molecule has 0 saturated carbocycles. The van der Waals surface area contributed by atoms with E-state index in [0.717, 1.165) is 30.5 Å².